The zero-order valence-electron chi connectivity index (χ0n) is 14.1. The Bertz CT molecular complexity index is 358. The number of carbonyl (C=O) groups is 2. The average Bonchev–Trinajstić information content (AvgIpc) is 2.43. The number of nitrogens with one attached hydrogen (secondary N) is 2. The molecule has 6 nitrogen and oxygen atoms in total. The number of ether oxygens (including phenoxy) is 1. The smallest absolute Gasteiger partial charge is 0.407 e. The van der Waals surface area contributed by atoms with E-state index < -0.39 is 11.7 Å². The van der Waals surface area contributed by atoms with E-state index in [0.717, 1.165) is 38.5 Å². The van der Waals surface area contributed by atoms with E-state index in [4.69, 9.17) is 10.5 Å². The maximum atomic E-state index is 11.8. The Labute approximate surface area is 133 Å². The van der Waals surface area contributed by atoms with Crippen molar-refractivity contribution in [2.24, 2.45) is 11.1 Å². The van der Waals surface area contributed by atoms with Gasteiger partial charge in [-0.25, -0.2) is 4.79 Å². The monoisotopic (exact) mass is 313 g/mol. The summed E-state index contributed by atoms with van der Waals surface area (Å²) in [6, 6.07) is 0.463. The summed E-state index contributed by atoms with van der Waals surface area (Å²) in [6.45, 7) is 7.45. The minimum Gasteiger partial charge on any atom is -0.444 e. The first-order chi connectivity index (χ1) is 10.3. The largest absolute Gasteiger partial charge is 0.444 e. The van der Waals surface area contributed by atoms with Gasteiger partial charge in [-0.1, -0.05) is 0 Å². The molecule has 0 unspecified atom stereocenters. The van der Waals surface area contributed by atoms with Crippen LogP contribution in [-0.4, -0.2) is 43.7 Å². The van der Waals surface area contributed by atoms with E-state index in [2.05, 4.69) is 10.6 Å². The normalized spacial score (nSPS) is 25.5. The Morgan fingerprint density at radius 2 is 2.00 bits per heavy atom. The second-order valence-electron chi connectivity index (χ2n) is 7.24. The molecule has 1 aliphatic rings. The summed E-state index contributed by atoms with van der Waals surface area (Å²) in [5.41, 5.74) is 4.86. The maximum Gasteiger partial charge on any atom is 0.407 e. The van der Waals surface area contributed by atoms with E-state index in [1.165, 1.54) is 0 Å². The van der Waals surface area contributed by atoms with Crippen molar-refractivity contribution >= 4 is 12.4 Å². The molecule has 0 spiro atoms. The zero-order valence-corrected chi connectivity index (χ0v) is 14.1. The number of carbonyl (C=O) groups excluding carboxylic acids is 2. The Hall–Kier alpha value is -1.14. The number of rotatable bonds is 7. The third-order valence-corrected chi connectivity index (χ3v) is 4.15. The molecule has 1 aliphatic carbocycles. The molecule has 1 amide bonds. The van der Waals surface area contributed by atoms with Crippen molar-refractivity contribution < 1.29 is 14.3 Å². The molecule has 0 saturated heterocycles. The van der Waals surface area contributed by atoms with Gasteiger partial charge in [0.1, 0.15) is 11.9 Å². The van der Waals surface area contributed by atoms with Gasteiger partial charge in [-0.15, -0.1) is 0 Å². The minimum atomic E-state index is -0.508. The van der Waals surface area contributed by atoms with Crippen molar-refractivity contribution in [3.63, 3.8) is 0 Å². The van der Waals surface area contributed by atoms with Crippen LogP contribution in [0.4, 0.5) is 4.79 Å². The van der Waals surface area contributed by atoms with Gasteiger partial charge in [-0.05, 0) is 51.9 Å². The molecule has 0 bridgehead atoms. The van der Waals surface area contributed by atoms with Crippen molar-refractivity contribution in [1.82, 2.24) is 10.6 Å². The Morgan fingerprint density at radius 1 is 1.36 bits per heavy atom. The first-order valence-corrected chi connectivity index (χ1v) is 8.14. The predicted molar refractivity (Wildman–Crippen MR) is 86.7 cm³/mol. The SMILES string of the molecule is CC(C)(C)OC(=O)NCC1(CC=O)CCC(NCCN)CC1. The molecule has 0 aliphatic heterocycles. The number of nitrogens with two attached hydrogens (primary N) is 1. The topological polar surface area (TPSA) is 93.4 Å². The maximum absolute atomic E-state index is 11.8. The van der Waals surface area contributed by atoms with Gasteiger partial charge in [0, 0.05) is 32.1 Å². The minimum absolute atomic E-state index is 0.139. The summed E-state index contributed by atoms with van der Waals surface area (Å²) in [5.74, 6) is 0. The summed E-state index contributed by atoms with van der Waals surface area (Å²) in [7, 11) is 0. The van der Waals surface area contributed by atoms with Crippen LogP contribution in [0.2, 0.25) is 0 Å². The summed E-state index contributed by atoms with van der Waals surface area (Å²) >= 11 is 0. The standard InChI is InChI=1S/C16H31N3O3/c1-15(2,3)22-14(21)19-12-16(8-11-20)6-4-13(5-7-16)18-10-9-17/h11,13,18H,4-10,12,17H2,1-3H3,(H,19,21). The molecular weight excluding hydrogens is 282 g/mol. The van der Waals surface area contributed by atoms with E-state index in [1.807, 2.05) is 20.8 Å². The summed E-state index contributed by atoms with van der Waals surface area (Å²) in [5, 5.41) is 6.25. The van der Waals surface area contributed by atoms with Crippen LogP contribution in [-0.2, 0) is 9.53 Å². The van der Waals surface area contributed by atoms with E-state index in [9.17, 15) is 9.59 Å². The molecule has 4 N–H and O–H groups in total. The van der Waals surface area contributed by atoms with Crippen LogP contribution in [0.15, 0.2) is 0 Å². The highest BCUT2D eigenvalue weighted by atomic mass is 16.6. The highest BCUT2D eigenvalue weighted by Gasteiger charge is 2.35. The van der Waals surface area contributed by atoms with Gasteiger partial charge in [0.2, 0.25) is 0 Å². The van der Waals surface area contributed by atoms with Crippen molar-refractivity contribution in [2.75, 3.05) is 19.6 Å². The molecule has 22 heavy (non-hydrogen) atoms. The zero-order chi connectivity index (χ0) is 16.6. The molecule has 0 heterocycles. The molecule has 1 rings (SSSR count). The predicted octanol–water partition coefficient (Wildman–Crippen LogP) is 1.58. The van der Waals surface area contributed by atoms with Crippen molar-refractivity contribution in [1.29, 1.82) is 0 Å². The average molecular weight is 313 g/mol. The van der Waals surface area contributed by atoms with E-state index in [1.54, 1.807) is 0 Å². The molecule has 6 heteroatoms. The van der Waals surface area contributed by atoms with Gasteiger partial charge in [0.05, 0.1) is 0 Å². The van der Waals surface area contributed by atoms with Crippen LogP contribution in [0, 0.1) is 5.41 Å². The van der Waals surface area contributed by atoms with Crippen molar-refractivity contribution in [3.05, 3.63) is 0 Å². The lowest BCUT2D eigenvalue weighted by Gasteiger charge is -2.39. The molecule has 128 valence electrons. The highest BCUT2D eigenvalue weighted by molar-refractivity contribution is 5.67. The fourth-order valence-electron chi connectivity index (χ4n) is 2.93. The van der Waals surface area contributed by atoms with Gasteiger partial charge in [0.25, 0.3) is 0 Å². The van der Waals surface area contributed by atoms with Gasteiger partial charge >= 0.3 is 6.09 Å². The number of hydrogen-bond acceptors (Lipinski definition) is 5. The van der Waals surface area contributed by atoms with E-state index >= 15 is 0 Å². The Morgan fingerprint density at radius 3 is 2.50 bits per heavy atom. The van der Waals surface area contributed by atoms with Crippen LogP contribution >= 0.6 is 0 Å². The second-order valence-corrected chi connectivity index (χ2v) is 7.24. The third kappa shape index (κ3) is 6.75. The number of hydrogen-bond donors (Lipinski definition) is 3. The van der Waals surface area contributed by atoms with Gasteiger partial charge < -0.3 is 25.9 Å². The third-order valence-electron chi connectivity index (χ3n) is 4.15. The molecule has 0 atom stereocenters. The summed E-state index contributed by atoms with van der Waals surface area (Å²) in [4.78, 5) is 22.8. The molecule has 0 aromatic heterocycles. The fourth-order valence-corrected chi connectivity index (χ4v) is 2.93. The Kier molecular flexibility index (Phi) is 7.29. The summed E-state index contributed by atoms with van der Waals surface area (Å²) < 4.78 is 5.26. The molecule has 0 aromatic rings. The van der Waals surface area contributed by atoms with Gasteiger partial charge in [0.15, 0.2) is 0 Å². The molecule has 0 aromatic carbocycles. The first kappa shape index (κ1) is 18.9. The van der Waals surface area contributed by atoms with Gasteiger partial charge in [-0.2, -0.15) is 0 Å². The molecule has 0 radical (unpaired) electrons. The van der Waals surface area contributed by atoms with Crippen LogP contribution in [0.25, 0.3) is 0 Å². The van der Waals surface area contributed by atoms with Crippen LogP contribution in [0.1, 0.15) is 52.9 Å². The number of alkyl carbamates (subject to hydrolysis) is 1. The van der Waals surface area contributed by atoms with Crippen molar-refractivity contribution in [3.8, 4) is 0 Å². The molecule has 1 fully saturated rings. The lowest BCUT2D eigenvalue weighted by molar-refractivity contribution is -0.110. The molecule has 1 saturated carbocycles. The fraction of sp³-hybridized carbons (Fsp3) is 0.875. The second kappa shape index (κ2) is 8.48. The highest BCUT2D eigenvalue weighted by Crippen LogP contribution is 2.38. The van der Waals surface area contributed by atoms with E-state index in [-0.39, 0.29) is 5.41 Å². The molecular formula is C16H31N3O3. The van der Waals surface area contributed by atoms with Gasteiger partial charge in [-0.3, -0.25) is 0 Å². The Balaban J connectivity index is 2.48. The summed E-state index contributed by atoms with van der Waals surface area (Å²) in [6.07, 6.45) is 4.87. The van der Waals surface area contributed by atoms with Crippen molar-refractivity contribution in [2.45, 2.75) is 64.5 Å². The number of aldehydes is 1. The first-order valence-electron chi connectivity index (χ1n) is 8.14. The van der Waals surface area contributed by atoms with Crippen LogP contribution in [0.5, 0.6) is 0 Å². The quantitative estimate of drug-likeness (QED) is 0.620. The lowest BCUT2D eigenvalue weighted by Crippen LogP contribution is -2.45. The van der Waals surface area contributed by atoms with Crippen LogP contribution in [0.3, 0.4) is 0 Å². The lowest BCUT2D eigenvalue weighted by atomic mass is 9.70. The number of amides is 1. The van der Waals surface area contributed by atoms with E-state index in [0.29, 0.717) is 25.6 Å². The van der Waals surface area contributed by atoms with Crippen LogP contribution < -0.4 is 16.4 Å².